The van der Waals surface area contributed by atoms with Gasteiger partial charge in [0.05, 0.1) is 5.52 Å². The molecule has 3 rings (SSSR count). The predicted octanol–water partition coefficient (Wildman–Crippen LogP) is 4.03. The molecule has 0 radical (unpaired) electrons. The number of hydrogen-bond acceptors (Lipinski definition) is 3. The molecule has 5 nitrogen and oxygen atoms in total. The Labute approximate surface area is 185 Å². The van der Waals surface area contributed by atoms with E-state index in [1.54, 1.807) is 10.6 Å². The second-order valence-electron chi connectivity index (χ2n) is 7.82. The highest BCUT2D eigenvalue weighted by Gasteiger charge is 2.15. The quantitative estimate of drug-likeness (QED) is 0.515. The van der Waals surface area contributed by atoms with Crippen LogP contribution in [-0.2, 0) is 30.6 Å². The first-order valence-corrected chi connectivity index (χ1v) is 10.9. The molecule has 0 saturated carbocycles. The van der Waals surface area contributed by atoms with E-state index in [1.165, 1.54) is 18.2 Å². The van der Waals surface area contributed by atoms with Gasteiger partial charge in [0.2, 0.25) is 0 Å². The Morgan fingerprint density at radius 1 is 1.03 bits per heavy atom. The van der Waals surface area contributed by atoms with Gasteiger partial charge in [-0.1, -0.05) is 32.0 Å². The van der Waals surface area contributed by atoms with Crippen LogP contribution in [0.25, 0.3) is 10.9 Å². The van der Waals surface area contributed by atoms with Gasteiger partial charge in [0.15, 0.2) is 17.1 Å². The lowest BCUT2D eigenvalue weighted by Crippen LogP contribution is -2.25. The summed E-state index contributed by atoms with van der Waals surface area (Å²) in [6.07, 6.45) is 1.13. The van der Waals surface area contributed by atoms with E-state index in [2.05, 4.69) is 18.7 Å². The molecule has 0 aliphatic heterocycles. The number of carbonyl (C=O) groups is 1. The molecule has 7 heteroatoms. The number of hydrogen-bond donors (Lipinski definition) is 1. The molecule has 0 fully saturated rings. The van der Waals surface area contributed by atoms with Crippen molar-refractivity contribution in [1.82, 2.24) is 9.47 Å². The Bertz CT molecular complexity index is 1170. The Balaban J connectivity index is 2.00. The van der Waals surface area contributed by atoms with Gasteiger partial charge in [0, 0.05) is 23.7 Å². The van der Waals surface area contributed by atoms with Crippen LogP contribution in [0.2, 0.25) is 0 Å². The molecule has 1 heterocycles. The average Bonchev–Trinajstić information content (AvgIpc) is 2.77. The van der Waals surface area contributed by atoms with Crippen LogP contribution in [0.4, 0.5) is 8.78 Å². The molecule has 0 aliphatic rings. The van der Waals surface area contributed by atoms with E-state index < -0.39 is 17.6 Å². The van der Waals surface area contributed by atoms with Crippen molar-refractivity contribution in [2.75, 3.05) is 19.6 Å². The summed E-state index contributed by atoms with van der Waals surface area (Å²) in [5.74, 6) is -2.89. The lowest BCUT2D eigenvalue weighted by atomic mass is 10.0. The zero-order valence-corrected chi connectivity index (χ0v) is 18.4. The summed E-state index contributed by atoms with van der Waals surface area (Å²) >= 11 is 0. The number of benzene rings is 2. The molecule has 0 amide bonds. The summed E-state index contributed by atoms with van der Waals surface area (Å²) in [6.45, 7) is 6.62. The summed E-state index contributed by atoms with van der Waals surface area (Å²) in [7, 11) is 0. The number of rotatable bonds is 10. The van der Waals surface area contributed by atoms with Crippen molar-refractivity contribution < 1.29 is 18.7 Å². The van der Waals surface area contributed by atoms with Gasteiger partial charge in [0.25, 0.3) is 0 Å². The van der Waals surface area contributed by atoms with E-state index in [9.17, 15) is 23.5 Å². The maximum Gasteiger partial charge on any atom is 0.323 e. The Morgan fingerprint density at radius 2 is 1.78 bits per heavy atom. The molecule has 1 aromatic heterocycles. The maximum absolute atomic E-state index is 14.1. The topological polar surface area (TPSA) is 62.5 Å². The van der Waals surface area contributed by atoms with Gasteiger partial charge < -0.3 is 14.6 Å². The fourth-order valence-electron chi connectivity index (χ4n) is 3.99. The van der Waals surface area contributed by atoms with Gasteiger partial charge in [-0.3, -0.25) is 9.59 Å². The number of aromatic nitrogens is 1. The number of halogens is 2. The number of pyridine rings is 1. The van der Waals surface area contributed by atoms with Crippen molar-refractivity contribution in [1.29, 1.82) is 0 Å². The van der Waals surface area contributed by atoms with E-state index in [1.807, 2.05) is 12.1 Å². The average molecular weight is 443 g/mol. The molecule has 0 bridgehead atoms. The number of carboxylic acids is 1. The molecule has 0 atom stereocenters. The molecule has 32 heavy (non-hydrogen) atoms. The van der Waals surface area contributed by atoms with Crippen LogP contribution in [0.5, 0.6) is 0 Å². The van der Waals surface area contributed by atoms with Crippen molar-refractivity contribution in [2.24, 2.45) is 0 Å². The highest BCUT2D eigenvalue weighted by molar-refractivity contribution is 5.81. The molecule has 0 saturated heterocycles. The number of aryl methyl sites for hydroxylation is 2. The van der Waals surface area contributed by atoms with Crippen molar-refractivity contribution in [2.45, 2.75) is 39.7 Å². The van der Waals surface area contributed by atoms with Crippen LogP contribution in [0.1, 0.15) is 30.7 Å². The molecular formula is C25H28F2N2O3. The Kier molecular flexibility index (Phi) is 7.75. The van der Waals surface area contributed by atoms with Crippen LogP contribution in [-0.4, -0.2) is 40.2 Å². The van der Waals surface area contributed by atoms with Crippen LogP contribution < -0.4 is 5.43 Å². The summed E-state index contributed by atoms with van der Waals surface area (Å²) in [6, 6.07) is 10.9. The van der Waals surface area contributed by atoms with Crippen molar-refractivity contribution in [3.8, 4) is 0 Å². The van der Waals surface area contributed by atoms with Gasteiger partial charge >= 0.3 is 5.97 Å². The smallest absolute Gasteiger partial charge is 0.323 e. The number of likely N-dealkylation sites (N-methyl/N-ethyl adjacent to an activating group) is 1. The van der Waals surface area contributed by atoms with E-state index in [4.69, 9.17) is 0 Å². The maximum atomic E-state index is 14.1. The largest absolute Gasteiger partial charge is 0.480 e. The fraction of sp³-hybridized carbons (Fsp3) is 0.360. The first-order chi connectivity index (χ1) is 15.3. The normalized spacial score (nSPS) is 11.4. The van der Waals surface area contributed by atoms with Gasteiger partial charge in [-0.05, 0) is 61.7 Å². The molecule has 0 spiro atoms. The van der Waals surface area contributed by atoms with E-state index in [0.29, 0.717) is 16.6 Å². The second kappa shape index (κ2) is 10.5. The zero-order valence-electron chi connectivity index (χ0n) is 18.4. The molecule has 0 unspecified atom stereocenters. The first-order valence-electron chi connectivity index (χ1n) is 10.9. The lowest BCUT2D eigenvalue weighted by molar-refractivity contribution is -0.137. The Hall–Kier alpha value is -3.06. The highest BCUT2D eigenvalue weighted by Crippen LogP contribution is 2.19. The first kappa shape index (κ1) is 23.6. The summed E-state index contributed by atoms with van der Waals surface area (Å²) in [5, 5.41) is 9.92. The fourth-order valence-corrected chi connectivity index (χ4v) is 3.99. The molecule has 2 aromatic carbocycles. The zero-order chi connectivity index (χ0) is 23.3. The van der Waals surface area contributed by atoms with Crippen LogP contribution >= 0.6 is 0 Å². The minimum Gasteiger partial charge on any atom is -0.480 e. The Morgan fingerprint density at radius 3 is 2.47 bits per heavy atom. The van der Waals surface area contributed by atoms with E-state index in [-0.39, 0.29) is 30.4 Å². The number of aliphatic carboxylic acids is 1. The van der Waals surface area contributed by atoms with Crippen molar-refractivity contribution >= 4 is 16.9 Å². The molecule has 0 aliphatic carbocycles. The summed E-state index contributed by atoms with van der Waals surface area (Å²) < 4.78 is 29.2. The van der Waals surface area contributed by atoms with Crippen molar-refractivity contribution in [3.63, 3.8) is 0 Å². The van der Waals surface area contributed by atoms with Gasteiger partial charge in [-0.15, -0.1) is 0 Å². The molecule has 3 aromatic rings. The van der Waals surface area contributed by atoms with Crippen LogP contribution in [0.15, 0.2) is 47.3 Å². The highest BCUT2D eigenvalue weighted by atomic mass is 19.2. The molecular weight excluding hydrogens is 414 g/mol. The standard InChI is InChI=1S/C25H28F2N2O3/c1-3-28(4-2)13-12-17-8-11-20-22(14-17)29(16-24(31)32)19(15-23(20)30)10-9-18-6-5-7-21(26)25(18)27/h5-8,11,14-15H,3-4,9-10,12-13,16H2,1-2H3,(H,31,32). The van der Waals surface area contributed by atoms with Gasteiger partial charge in [-0.2, -0.15) is 0 Å². The number of carboxylic acid groups (broad SMARTS) is 1. The molecule has 170 valence electrons. The number of nitrogens with zero attached hydrogens (tertiary/aromatic N) is 2. The third-order valence-corrected chi connectivity index (χ3v) is 5.85. The van der Waals surface area contributed by atoms with Crippen molar-refractivity contribution in [3.05, 3.63) is 81.1 Å². The lowest BCUT2D eigenvalue weighted by Gasteiger charge is -2.19. The minimum atomic E-state index is -1.04. The third kappa shape index (κ3) is 5.40. The summed E-state index contributed by atoms with van der Waals surface area (Å²) in [4.78, 5) is 26.6. The predicted molar refractivity (Wildman–Crippen MR) is 121 cm³/mol. The van der Waals surface area contributed by atoms with Crippen LogP contribution in [0.3, 0.4) is 0 Å². The van der Waals surface area contributed by atoms with E-state index in [0.717, 1.165) is 37.7 Å². The van der Waals surface area contributed by atoms with Gasteiger partial charge in [0.1, 0.15) is 6.54 Å². The molecule has 1 N–H and O–H groups in total. The van der Waals surface area contributed by atoms with E-state index >= 15 is 0 Å². The summed E-state index contributed by atoms with van der Waals surface area (Å²) in [5.41, 5.74) is 2.01. The second-order valence-corrected chi connectivity index (χ2v) is 7.82. The SMILES string of the molecule is CCN(CC)CCc1ccc2c(=O)cc(CCc3cccc(F)c3F)n(CC(=O)O)c2c1. The monoisotopic (exact) mass is 442 g/mol. The minimum absolute atomic E-state index is 0.149. The number of fused-ring (bicyclic) bond motifs is 1. The van der Waals surface area contributed by atoms with Crippen LogP contribution in [0, 0.1) is 11.6 Å². The third-order valence-electron chi connectivity index (χ3n) is 5.85. The van der Waals surface area contributed by atoms with Gasteiger partial charge in [-0.25, -0.2) is 8.78 Å².